The number of hydrogen-bond donors (Lipinski definition) is 3. The highest BCUT2D eigenvalue weighted by molar-refractivity contribution is 6.03. The van der Waals surface area contributed by atoms with Crippen LogP contribution in [0.1, 0.15) is 67.6 Å². The molecule has 0 aromatic heterocycles. The molecule has 0 amide bonds. The Labute approximate surface area is 188 Å². The third-order valence-corrected chi connectivity index (χ3v) is 5.59. The van der Waals surface area contributed by atoms with Crippen LogP contribution in [-0.2, 0) is 6.42 Å². The Hall–Kier alpha value is -3.41. The number of phenolic OH excluding ortho intramolecular Hbond substituents is 3. The minimum Gasteiger partial charge on any atom is -0.507 e. The smallest absolute Gasteiger partial charge is 0.174 e. The third kappa shape index (κ3) is 5.07. The number of carbonyl (C=O) groups is 1. The molecule has 0 bridgehead atoms. The van der Waals surface area contributed by atoms with Gasteiger partial charge in [0.25, 0.3) is 0 Å². The molecule has 1 atom stereocenters. The van der Waals surface area contributed by atoms with Crippen LogP contribution in [-0.4, -0.2) is 28.2 Å². The Morgan fingerprint density at radius 1 is 1.12 bits per heavy atom. The van der Waals surface area contributed by atoms with E-state index in [2.05, 4.69) is 19.9 Å². The number of hydrogen-bond acceptors (Lipinski definition) is 6. The maximum absolute atomic E-state index is 12.9. The van der Waals surface area contributed by atoms with Crippen LogP contribution >= 0.6 is 0 Å². The summed E-state index contributed by atoms with van der Waals surface area (Å²) in [6.45, 7) is 6.13. The van der Waals surface area contributed by atoms with Gasteiger partial charge in [-0.2, -0.15) is 0 Å². The zero-order valence-electron chi connectivity index (χ0n) is 18.9. The number of allylic oxidation sites excluding steroid dienone is 4. The molecule has 0 radical (unpaired) electrons. The van der Waals surface area contributed by atoms with Crippen LogP contribution in [0.3, 0.4) is 0 Å². The maximum atomic E-state index is 12.9. The van der Waals surface area contributed by atoms with Crippen LogP contribution in [0.5, 0.6) is 28.7 Å². The van der Waals surface area contributed by atoms with Crippen molar-refractivity contribution in [1.82, 2.24) is 0 Å². The van der Waals surface area contributed by atoms with Gasteiger partial charge in [-0.15, -0.1) is 0 Å². The van der Waals surface area contributed by atoms with Crippen molar-refractivity contribution in [2.75, 3.05) is 7.11 Å². The molecule has 0 spiro atoms. The minimum atomic E-state index is -0.645. The predicted octanol–water partition coefficient (Wildman–Crippen LogP) is 5.75. The number of Topliss-reactive ketones (excluding diaryl/α,β-unsaturated/α-hetero) is 1. The highest BCUT2D eigenvalue weighted by Gasteiger charge is 2.32. The molecule has 1 heterocycles. The lowest BCUT2D eigenvalue weighted by atomic mass is 9.92. The molecule has 6 heteroatoms. The van der Waals surface area contributed by atoms with Gasteiger partial charge in [0, 0.05) is 11.6 Å². The Kier molecular flexibility index (Phi) is 7.13. The van der Waals surface area contributed by atoms with Gasteiger partial charge in [0.15, 0.2) is 17.3 Å². The van der Waals surface area contributed by atoms with E-state index in [4.69, 9.17) is 9.47 Å². The normalized spacial score (nSPS) is 15.7. The zero-order chi connectivity index (χ0) is 23.4. The maximum Gasteiger partial charge on any atom is 0.174 e. The highest BCUT2D eigenvalue weighted by Crippen LogP contribution is 2.45. The number of ketones is 1. The Bertz CT molecular complexity index is 1080. The second-order valence-corrected chi connectivity index (χ2v) is 8.34. The zero-order valence-corrected chi connectivity index (χ0v) is 18.9. The van der Waals surface area contributed by atoms with Crippen LogP contribution in [0, 0.1) is 0 Å². The molecule has 2 aromatic rings. The summed E-state index contributed by atoms with van der Waals surface area (Å²) in [6, 6.07) is 6.17. The van der Waals surface area contributed by atoms with E-state index < -0.39 is 6.10 Å². The Balaban J connectivity index is 1.83. The number of rotatable bonds is 7. The fraction of sp³-hybridized carbons (Fsp3) is 0.346. The second kappa shape index (κ2) is 9.81. The van der Waals surface area contributed by atoms with Gasteiger partial charge < -0.3 is 24.8 Å². The third-order valence-electron chi connectivity index (χ3n) is 5.59. The molecule has 6 nitrogen and oxygen atoms in total. The number of methoxy groups -OCH3 is 1. The molecule has 0 unspecified atom stereocenters. The predicted molar refractivity (Wildman–Crippen MR) is 123 cm³/mol. The first kappa shape index (κ1) is 23.3. The minimum absolute atomic E-state index is 0.00805. The van der Waals surface area contributed by atoms with Crippen LogP contribution in [0.2, 0.25) is 0 Å². The van der Waals surface area contributed by atoms with Gasteiger partial charge in [-0.1, -0.05) is 29.4 Å². The van der Waals surface area contributed by atoms with Crippen molar-refractivity contribution in [3.63, 3.8) is 0 Å². The molecule has 3 N–H and O–H groups in total. The molecule has 170 valence electrons. The molecular weight excluding hydrogens is 408 g/mol. The summed E-state index contributed by atoms with van der Waals surface area (Å²) in [4.78, 5) is 12.9. The summed E-state index contributed by atoms with van der Waals surface area (Å²) in [6.07, 6.45) is 5.62. The van der Waals surface area contributed by atoms with Gasteiger partial charge in [0.1, 0.15) is 28.9 Å². The summed E-state index contributed by atoms with van der Waals surface area (Å²) in [5.74, 6) is -0.255. The van der Waals surface area contributed by atoms with Crippen molar-refractivity contribution >= 4 is 5.78 Å². The van der Waals surface area contributed by atoms with Crippen LogP contribution < -0.4 is 9.47 Å². The van der Waals surface area contributed by atoms with Crippen LogP contribution in [0.15, 0.2) is 47.6 Å². The van der Waals surface area contributed by atoms with E-state index in [1.165, 1.54) is 24.8 Å². The van der Waals surface area contributed by atoms with Gasteiger partial charge in [0.05, 0.1) is 13.5 Å². The molecule has 0 saturated heterocycles. The van der Waals surface area contributed by atoms with Crippen molar-refractivity contribution in [3.8, 4) is 28.7 Å². The fourth-order valence-corrected chi connectivity index (χ4v) is 3.76. The van der Waals surface area contributed by atoms with Crippen molar-refractivity contribution in [1.29, 1.82) is 0 Å². The second-order valence-electron chi connectivity index (χ2n) is 8.34. The van der Waals surface area contributed by atoms with Gasteiger partial charge in [-0.3, -0.25) is 4.79 Å². The van der Waals surface area contributed by atoms with Crippen LogP contribution in [0.4, 0.5) is 0 Å². The van der Waals surface area contributed by atoms with Gasteiger partial charge in [0.2, 0.25) is 0 Å². The molecule has 0 aliphatic carbocycles. The first-order valence-electron chi connectivity index (χ1n) is 10.6. The Morgan fingerprint density at radius 3 is 2.53 bits per heavy atom. The largest absolute Gasteiger partial charge is 0.507 e. The van der Waals surface area contributed by atoms with Gasteiger partial charge >= 0.3 is 0 Å². The van der Waals surface area contributed by atoms with Gasteiger partial charge in [-0.25, -0.2) is 0 Å². The topological polar surface area (TPSA) is 96.2 Å². The first-order valence-corrected chi connectivity index (χ1v) is 10.6. The standard InChI is InChI=1S/C26H30O6/c1-15(2)6-5-7-16(3)8-10-18-19(27)13-24-25(26(18)30)21(29)14-23(32-24)17-9-11-22(31-4)20(28)12-17/h6,8-9,11-13,23,27-28,30H,5,7,10,14H2,1-4H3/t23-/m0/s1. The first-order chi connectivity index (χ1) is 15.2. The number of benzene rings is 2. The number of aromatic hydroxyl groups is 3. The number of fused-ring (bicyclic) bond motifs is 1. The molecule has 0 saturated carbocycles. The van der Waals surface area contributed by atoms with E-state index >= 15 is 0 Å². The molecule has 3 rings (SSSR count). The summed E-state index contributed by atoms with van der Waals surface area (Å²) in [5, 5.41) is 31.3. The summed E-state index contributed by atoms with van der Waals surface area (Å²) >= 11 is 0. The van der Waals surface area contributed by atoms with E-state index in [0.29, 0.717) is 23.3 Å². The monoisotopic (exact) mass is 438 g/mol. The van der Waals surface area contributed by atoms with Crippen molar-refractivity contribution in [2.45, 2.75) is 52.6 Å². The van der Waals surface area contributed by atoms with E-state index in [1.807, 2.05) is 13.0 Å². The Morgan fingerprint density at radius 2 is 1.88 bits per heavy atom. The molecule has 0 fully saturated rings. The molecule has 32 heavy (non-hydrogen) atoms. The van der Waals surface area contributed by atoms with Gasteiger partial charge in [-0.05, 0) is 57.7 Å². The summed E-state index contributed by atoms with van der Waals surface area (Å²) in [5.41, 5.74) is 3.40. The SMILES string of the molecule is COc1ccc([C@@H]2CC(=O)c3c(cc(O)c(CC=C(C)CCC=C(C)C)c3O)O2)cc1O. The average Bonchev–Trinajstić information content (AvgIpc) is 2.72. The van der Waals surface area contributed by atoms with Crippen molar-refractivity contribution < 1.29 is 29.6 Å². The summed E-state index contributed by atoms with van der Waals surface area (Å²) < 4.78 is 11.0. The molecule has 1 aliphatic heterocycles. The van der Waals surface area contributed by atoms with Crippen LogP contribution in [0.25, 0.3) is 0 Å². The molecule has 2 aromatic carbocycles. The fourth-order valence-electron chi connectivity index (χ4n) is 3.76. The quantitative estimate of drug-likeness (QED) is 0.476. The number of ether oxygens (including phenoxy) is 2. The summed E-state index contributed by atoms with van der Waals surface area (Å²) in [7, 11) is 1.45. The number of phenols is 3. The van der Waals surface area contributed by atoms with Crippen molar-refractivity contribution in [3.05, 3.63) is 64.3 Å². The lowest BCUT2D eigenvalue weighted by Crippen LogP contribution is -2.21. The molecular formula is C26H30O6. The van der Waals surface area contributed by atoms with E-state index in [0.717, 1.165) is 18.4 Å². The molecule has 1 aliphatic rings. The van der Waals surface area contributed by atoms with E-state index in [-0.39, 0.29) is 40.8 Å². The van der Waals surface area contributed by atoms with Crippen molar-refractivity contribution in [2.24, 2.45) is 0 Å². The highest BCUT2D eigenvalue weighted by atomic mass is 16.5. The van der Waals surface area contributed by atoms with E-state index in [9.17, 15) is 20.1 Å². The number of carbonyl (C=O) groups excluding carboxylic acids is 1. The van der Waals surface area contributed by atoms with E-state index in [1.54, 1.807) is 12.1 Å². The average molecular weight is 439 g/mol. The lowest BCUT2D eigenvalue weighted by molar-refractivity contribution is 0.0844. The lowest BCUT2D eigenvalue weighted by Gasteiger charge is -2.27.